The molecule has 10 fully saturated rings. The molecule has 8 unspecified atom stereocenters. The molecule has 0 N–H and O–H groups in total. The maximum atomic E-state index is 5.31. The first-order valence-corrected chi connectivity index (χ1v) is 32.9. The smallest absolute Gasteiger partial charge is 0.0674 e. The zero-order chi connectivity index (χ0) is 54.9. The first-order valence-electron chi connectivity index (χ1n) is 29.5. The van der Waals surface area contributed by atoms with Crippen molar-refractivity contribution in [1.82, 2.24) is 53.9 Å². The number of rotatable bonds is 0. The second-order valence-electron chi connectivity index (χ2n) is 24.3. The zero-order valence-corrected chi connectivity index (χ0v) is 54.7. The quantitative estimate of drug-likeness (QED) is 0.231. The van der Waals surface area contributed by atoms with Gasteiger partial charge in [-0.15, -0.1) is 23.5 Å². The Morgan fingerprint density at radius 3 is 1.01 bits per heavy atom. The molecule has 10 aliphatic rings. The molecule has 0 amide bonds. The van der Waals surface area contributed by atoms with Crippen LogP contribution >= 0.6 is 35.3 Å². The van der Waals surface area contributed by atoms with Crippen LogP contribution in [0.3, 0.4) is 0 Å². The first kappa shape index (κ1) is 84.0. The van der Waals surface area contributed by atoms with Crippen LogP contribution in [-0.4, -0.2) is 307 Å². The molecule has 470 valence electrons. The molecule has 15 heteroatoms. The van der Waals surface area contributed by atoms with Gasteiger partial charge >= 0.3 is 0 Å². The number of morpholine rings is 1. The Balaban J connectivity index is -0.000000383. The van der Waals surface area contributed by atoms with Gasteiger partial charge in [-0.2, -0.15) is 11.8 Å². The minimum atomic E-state index is 0. The molecule has 0 bridgehead atoms. The van der Waals surface area contributed by atoms with Gasteiger partial charge in [-0.05, 0) is 209 Å². The Kier molecular flexibility index (Phi) is 54.5. The molecule has 0 aromatic carbocycles. The van der Waals surface area contributed by atoms with Crippen molar-refractivity contribution in [2.24, 2.45) is 11.8 Å². The number of thioether (sulfide) groups is 3. The van der Waals surface area contributed by atoms with E-state index in [2.05, 4.69) is 205 Å². The molecule has 0 aromatic heterocycles. The van der Waals surface area contributed by atoms with Gasteiger partial charge in [0, 0.05) is 131 Å². The molecule has 0 aromatic rings. The topological polar surface area (TPSA) is 44.9 Å². The number of hydrogen-bond donors (Lipinski definition) is 0. The van der Waals surface area contributed by atoms with Crippen LogP contribution in [0.1, 0.15) is 143 Å². The van der Waals surface area contributed by atoms with Crippen molar-refractivity contribution in [3.8, 4) is 0 Å². The fourth-order valence-corrected chi connectivity index (χ4v) is 12.9. The van der Waals surface area contributed by atoms with Crippen molar-refractivity contribution in [3.63, 3.8) is 0 Å². The van der Waals surface area contributed by atoms with Crippen LogP contribution in [0.4, 0.5) is 0 Å². The van der Waals surface area contributed by atoms with Gasteiger partial charge in [-0.25, -0.2) is 0 Å². The number of likely N-dealkylation sites (N-methyl/N-ethyl adjacent to an activating group) is 3. The lowest BCUT2D eigenvalue weighted by Crippen LogP contribution is -2.42. The van der Waals surface area contributed by atoms with E-state index in [1.807, 2.05) is 23.5 Å². The fraction of sp³-hybridized carbons (Fsp3) is 1.00. The van der Waals surface area contributed by atoms with Crippen LogP contribution in [0.15, 0.2) is 0 Å². The maximum absolute atomic E-state index is 5.31. The van der Waals surface area contributed by atoms with Crippen molar-refractivity contribution >= 4 is 35.3 Å². The summed E-state index contributed by atoms with van der Waals surface area (Å²) in [7, 11) is 23.9. The summed E-state index contributed by atoms with van der Waals surface area (Å²) in [6.45, 7) is 40.0. The highest BCUT2D eigenvalue weighted by atomic mass is 32.2. The molecule has 12 nitrogen and oxygen atoms in total. The van der Waals surface area contributed by atoms with E-state index in [1.165, 1.54) is 165 Å². The summed E-state index contributed by atoms with van der Waals surface area (Å²) in [5.74, 6) is 8.40. The number of likely N-dealkylation sites (tertiary alicyclic amines) is 5. The van der Waals surface area contributed by atoms with Gasteiger partial charge in [0.05, 0.1) is 18.1 Å². The monoisotopic (exact) mass is 1150 g/mol. The van der Waals surface area contributed by atoms with Crippen LogP contribution in [-0.2, 0) is 4.74 Å². The average molecular weight is 1160 g/mol. The molecular weight excluding hydrogens is 1010 g/mol. The van der Waals surface area contributed by atoms with Crippen LogP contribution < -0.4 is 0 Å². The minimum absolute atomic E-state index is 0. The normalized spacial score (nSPS) is 30.7. The second-order valence-corrected chi connectivity index (χ2v) is 27.8. The Morgan fingerprint density at radius 1 is 0.338 bits per heavy atom. The van der Waals surface area contributed by atoms with Gasteiger partial charge in [0.25, 0.3) is 0 Å². The second kappa shape index (κ2) is 49.9. The summed E-state index contributed by atoms with van der Waals surface area (Å²) in [6.07, 6.45) is 11.7. The fourth-order valence-electron chi connectivity index (χ4n) is 9.41. The largest absolute Gasteiger partial charge is 0.376 e. The average Bonchev–Trinajstić information content (AvgIpc) is 4.05. The van der Waals surface area contributed by atoms with Crippen LogP contribution in [0.25, 0.3) is 0 Å². The van der Waals surface area contributed by atoms with Gasteiger partial charge in [-0.3, -0.25) is 9.80 Å². The molecule has 10 aliphatic heterocycles. The number of hydrogen-bond acceptors (Lipinski definition) is 15. The molecule has 10 rings (SSSR count). The van der Waals surface area contributed by atoms with Crippen molar-refractivity contribution < 1.29 is 4.74 Å². The molecule has 77 heavy (non-hydrogen) atoms. The summed E-state index contributed by atoms with van der Waals surface area (Å²) >= 11 is 6.11. The van der Waals surface area contributed by atoms with E-state index in [-0.39, 0.29) is 29.7 Å². The number of piperidine rings is 2. The lowest BCUT2D eigenvalue weighted by atomic mass is 10.0. The highest BCUT2D eigenvalue weighted by molar-refractivity contribution is 8.00. The van der Waals surface area contributed by atoms with Gasteiger partial charge in [0.15, 0.2) is 0 Å². The van der Waals surface area contributed by atoms with Crippen molar-refractivity contribution in [2.45, 2.75) is 185 Å². The third-order valence-electron chi connectivity index (χ3n) is 16.5. The molecule has 0 radical (unpaired) electrons. The molecule has 8 atom stereocenters. The predicted octanol–water partition coefficient (Wildman–Crippen LogP) is 11.0. The molecule has 10 saturated heterocycles. The molecular formula is C62H143N11OS3. The predicted molar refractivity (Wildman–Crippen MR) is 360 cm³/mol. The van der Waals surface area contributed by atoms with Gasteiger partial charge in [0.1, 0.15) is 0 Å². The van der Waals surface area contributed by atoms with E-state index < -0.39 is 0 Å². The number of ether oxygens (including phenoxy) is 1. The van der Waals surface area contributed by atoms with Crippen molar-refractivity contribution in [2.75, 3.05) is 211 Å². The van der Waals surface area contributed by atoms with E-state index in [0.717, 1.165) is 67.1 Å². The summed E-state index contributed by atoms with van der Waals surface area (Å²) in [5.41, 5.74) is 0. The Labute approximate surface area is 499 Å². The van der Waals surface area contributed by atoms with Gasteiger partial charge in [0.2, 0.25) is 0 Å². The van der Waals surface area contributed by atoms with Crippen molar-refractivity contribution in [3.05, 3.63) is 0 Å². The van der Waals surface area contributed by atoms with Crippen LogP contribution in [0.2, 0.25) is 0 Å². The lowest BCUT2D eigenvalue weighted by Gasteiger charge is -2.34. The van der Waals surface area contributed by atoms with Gasteiger partial charge < -0.3 is 48.8 Å². The summed E-state index contributed by atoms with van der Waals surface area (Å²) in [5, 5.41) is 0.764. The third kappa shape index (κ3) is 42.9. The van der Waals surface area contributed by atoms with E-state index in [1.54, 1.807) is 0 Å². The van der Waals surface area contributed by atoms with Crippen LogP contribution in [0, 0.1) is 11.8 Å². The van der Waals surface area contributed by atoms with Crippen LogP contribution in [0.5, 0.6) is 0 Å². The van der Waals surface area contributed by atoms with E-state index in [9.17, 15) is 0 Å². The van der Waals surface area contributed by atoms with Gasteiger partial charge in [-0.1, -0.05) is 50.0 Å². The summed E-state index contributed by atoms with van der Waals surface area (Å²) in [4.78, 5) is 26.1. The number of nitrogens with zero attached hydrogens (tertiary/aromatic N) is 11. The molecule has 0 saturated carbocycles. The standard InChI is InChI=1S/2C7H15N.C6H14N2.C6H13NO.C6H13NS.C6H13N.2C5H11NS.2C5H11N.4CH4/c1-7-4-3-5-8(2)6-7;1-7-5-3-4-6-8(7)2;1-7-3-5-8(2)6-4-7;1-6-5-7(2)3-4-8-6;1-6-5-8-4-3-7(6)2;1-6-4-3-5-7(6)2;1-5-3-7-4-6(5)2;1-5-6(2)3-4-7-5;1-5-3-6(2)4-5;1-5-3-4-6(5)2;;;;/h2*7H,3-6H2,1-2H3;3-6H2,1-2H3;2*6H,3-5H2,1-2H3;6H,3-5H2,1-2H3;2*5H,3-4H2,1-2H3;2*5H,3-4H2,1-2H3;4*1H4. The Bertz CT molecular complexity index is 1110. The maximum Gasteiger partial charge on any atom is 0.0674 e. The Morgan fingerprint density at radius 2 is 0.792 bits per heavy atom. The van der Waals surface area contributed by atoms with E-state index in [4.69, 9.17) is 4.74 Å². The highest BCUT2D eigenvalue weighted by Gasteiger charge is 2.20. The lowest BCUT2D eigenvalue weighted by molar-refractivity contribution is -0.00861. The summed E-state index contributed by atoms with van der Waals surface area (Å²) < 4.78 is 5.31. The molecule has 10 heterocycles. The SMILES string of the molecule is C.C.C.C.CC1CCCCN1C.CC1CCCN(C)C1.CC1CCCN1C.CC1CCN1C.CC1CN(C)C1.CC1CN(C)CCO1.CC1CSCCN1C.CC1CSCN1C.CC1SCCN1C.CN1CCN(C)CC1. The Hall–Kier alpha value is 0.570. The van der Waals surface area contributed by atoms with E-state index in [0.29, 0.717) is 6.10 Å². The van der Waals surface area contributed by atoms with Crippen molar-refractivity contribution in [1.29, 1.82) is 0 Å². The zero-order valence-electron chi connectivity index (χ0n) is 52.3. The molecule has 0 aliphatic carbocycles. The third-order valence-corrected chi connectivity index (χ3v) is 20.2. The molecule has 0 spiro atoms. The van der Waals surface area contributed by atoms with E-state index >= 15 is 0 Å². The minimum Gasteiger partial charge on any atom is -0.376 e. The first-order chi connectivity index (χ1) is 34.5. The highest BCUT2D eigenvalue weighted by Crippen LogP contribution is 2.20. The number of piperazine rings is 1. The summed E-state index contributed by atoms with van der Waals surface area (Å²) in [6, 6.07) is 4.16.